The van der Waals surface area contributed by atoms with Gasteiger partial charge in [0.1, 0.15) is 12.0 Å². The summed E-state index contributed by atoms with van der Waals surface area (Å²) in [5.41, 5.74) is 5.24. The van der Waals surface area contributed by atoms with Gasteiger partial charge in [0.2, 0.25) is 5.76 Å². The van der Waals surface area contributed by atoms with E-state index >= 15 is 0 Å². The molecule has 1 aromatic heterocycles. The summed E-state index contributed by atoms with van der Waals surface area (Å²) in [5, 5.41) is 8.84. The molecule has 28 heavy (non-hydrogen) atoms. The first-order valence-corrected chi connectivity index (χ1v) is 8.87. The number of hydrogen-bond donors (Lipinski definition) is 1. The van der Waals surface area contributed by atoms with Crippen LogP contribution in [0.15, 0.2) is 36.4 Å². The van der Waals surface area contributed by atoms with Crippen molar-refractivity contribution >= 4 is 5.97 Å². The Kier molecular flexibility index (Phi) is 7.97. The summed E-state index contributed by atoms with van der Waals surface area (Å²) in [4.78, 5) is 18.5. The van der Waals surface area contributed by atoms with Crippen LogP contribution in [0.3, 0.4) is 0 Å². The fraction of sp³-hybridized carbons (Fsp3) is 0.421. The number of aryl methyl sites for hydroxylation is 1. The van der Waals surface area contributed by atoms with Crippen molar-refractivity contribution in [3.05, 3.63) is 47.7 Å². The van der Waals surface area contributed by atoms with Gasteiger partial charge < -0.3 is 19.0 Å². The number of aromatic nitrogens is 3. The number of nitrogens with zero attached hydrogens (tertiary/aromatic N) is 3. The maximum atomic E-state index is 11.8. The largest absolute Gasteiger partial charge is 0.500 e. The Balaban J connectivity index is 2.21. The Morgan fingerprint density at radius 3 is 2.82 bits per heavy atom. The molecule has 1 atom stereocenters. The molecule has 1 N–H and O–H groups in total. The summed E-state index contributed by atoms with van der Waals surface area (Å²) in [5.74, 6) is -0.107. The van der Waals surface area contributed by atoms with Gasteiger partial charge in [-0.1, -0.05) is 13.0 Å². The molecule has 0 saturated heterocycles. The summed E-state index contributed by atoms with van der Waals surface area (Å²) < 4.78 is 15.3. The number of esters is 1. The molecule has 9 nitrogen and oxygen atoms in total. The van der Waals surface area contributed by atoms with Gasteiger partial charge >= 0.3 is 5.97 Å². The molecule has 9 heteroatoms. The van der Waals surface area contributed by atoms with Crippen LogP contribution >= 0.6 is 0 Å². The lowest BCUT2D eigenvalue weighted by Crippen LogP contribution is -2.20. The molecule has 1 aromatic carbocycles. The van der Waals surface area contributed by atoms with Crippen LogP contribution in [0.5, 0.6) is 5.75 Å². The molecule has 0 fully saturated rings. The second kappa shape index (κ2) is 10.4. The van der Waals surface area contributed by atoms with Crippen LogP contribution in [-0.2, 0) is 19.1 Å². The summed E-state index contributed by atoms with van der Waals surface area (Å²) in [6.07, 6.45) is 2.90. The SMILES string of the molecule is CCONCC(C)c1cnn(-c2ccc(C)c(O/C(=C\OC)C(=O)OC)c2)n1. The van der Waals surface area contributed by atoms with Crippen LogP contribution in [0.2, 0.25) is 0 Å². The molecular formula is C19H26N4O5. The second-order valence-electron chi connectivity index (χ2n) is 6.00. The predicted molar refractivity (Wildman–Crippen MR) is 102 cm³/mol. The van der Waals surface area contributed by atoms with Gasteiger partial charge in [0.05, 0.1) is 38.4 Å². The van der Waals surface area contributed by atoms with Gasteiger partial charge in [-0.05, 0) is 25.5 Å². The van der Waals surface area contributed by atoms with Crippen LogP contribution in [-0.4, -0.2) is 48.3 Å². The van der Waals surface area contributed by atoms with Crippen LogP contribution in [0, 0.1) is 6.92 Å². The number of hydroxylamine groups is 1. The van der Waals surface area contributed by atoms with Crippen molar-refractivity contribution in [2.75, 3.05) is 27.4 Å². The normalized spacial score (nSPS) is 12.5. The van der Waals surface area contributed by atoms with Crippen LogP contribution in [0.1, 0.15) is 31.0 Å². The topological polar surface area (TPSA) is 96.7 Å². The monoisotopic (exact) mass is 390 g/mol. The minimum absolute atomic E-state index is 0.0602. The predicted octanol–water partition coefficient (Wildman–Crippen LogP) is 2.26. The van der Waals surface area contributed by atoms with Crippen LogP contribution in [0.4, 0.5) is 0 Å². The molecule has 0 aliphatic carbocycles. The van der Waals surface area contributed by atoms with Gasteiger partial charge in [0, 0.05) is 18.5 Å². The van der Waals surface area contributed by atoms with Crippen LogP contribution in [0.25, 0.3) is 5.69 Å². The van der Waals surface area contributed by atoms with E-state index in [0.717, 1.165) is 11.3 Å². The molecule has 0 bridgehead atoms. The van der Waals surface area contributed by atoms with Crippen molar-refractivity contribution in [1.82, 2.24) is 20.5 Å². The smallest absolute Gasteiger partial charge is 0.377 e. The van der Waals surface area contributed by atoms with Gasteiger partial charge in [0.15, 0.2) is 0 Å². The van der Waals surface area contributed by atoms with Crippen molar-refractivity contribution in [3.8, 4) is 11.4 Å². The van der Waals surface area contributed by atoms with E-state index in [4.69, 9.17) is 19.0 Å². The highest BCUT2D eigenvalue weighted by molar-refractivity contribution is 5.86. The number of carbonyl (C=O) groups is 1. The zero-order valence-electron chi connectivity index (χ0n) is 16.8. The maximum absolute atomic E-state index is 11.8. The Hall–Kier alpha value is -2.91. The van der Waals surface area contributed by atoms with E-state index in [1.165, 1.54) is 25.3 Å². The Morgan fingerprint density at radius 2 is 2.14 bits per heavy atom. The van der Waals surface area contributed by atoms with Gasteiger partial charge in [-0.15, -0.1) is 0 Å². The fourth-order valence-electron chi connectivity index (χ4n) is 2.28. The number of nitrogens with one attached hydrogen (secondary N) is 1. The summed E-state index contributed by atoms with van der Waals surface area (Å²) in [7, 11) is 2.70. The minimum atomic E-state index is -0.637. The zero-order valence-corrected chi connectivity index (χ0v) is 16.8. The fourth-order valence-corrected chi connectivity index (χ4v) is 2.28. The van der Waals surface area contributed by atoms with E-state index in [-0.39, 0.29) is 11.7 Å². The molecule has 1 heterocycles. The molecule has 0 aliphatic rings. The number of carbonyl (C=O) groups excluding carboxylic acids is 1. The van der Waals surface area contributed by atoms with E-state index in [1.807, 2.05) is 32.9 Å². The lowest BCUT2D eigenvalue weighted by atomic mass is 10.1. The molecule has 2 aromatic rings. The van der Waals surface area contributed by atoms with Crippen molar-refractivity contribution in [1.29, 1.82) is 0 Å². The molecule has 0 saturated carbocycles. The number of methoxy groups -OCH3 is 2. The highest BCUT2D eigenvalue weighted by Gasteiger charge is 2.16. The Labute approximate surface area is 164 Å². The minimum Gasteiger partial charge on any atom is -0.500 e. The van der Waals surface area contributed by atoms with Gasteiger partial charge in [0.25, 0.3) is 0 Å². The van der Waals surface area contributed by atoms with Crippen molar-refractivity contribution in [2.24, 2.45) is 0 Å². The average Bonchev–Trinajstić information content (AvgIpc) is 3.19. The summed E-state index contributed by atoms with van der Waals surface area (Å²) in [6.45, 7) is 7.03. The molecule has 152 valence electrons. The molecule has 1 unspecified atom stereocenters. The highest BCUT2D eigenvalue weighted by atomic mass is 16.6. The third-order valence-electron chi connectivity index (χ3n) is 3.88. The van der Waals surface area contributed by atoms with E-state index < -0.39 is 5.97 Å². The summed E-state index contributed by atoms with van der Waals surface area (Å²) >= 11 is 0. The van der Waals surface area contributed by atoms with E-state index in [9.17, 15) is 4.79 Å². The zero-order chi connectivity index (χ0) is 20.5. The standard InChI is InChI=1S/C19H26N4O5/c1-6-27-21-10-14(3)16-11-20-23(22-16)15-8-7-13(2)17(9-15)28-18(12-25-4)19(24)26-5/h7-9,11-12,14,21H,6,10H2,1-5H3/b18-12-. The molecule has 2 rings (SSSR count). The third-order valence-corrected chi connectivity index (χ3v) is 3.88. The molecule has 0 amide bonds. The van der Waals surface area contributed by atoms with Crippen molar-refractivity contribution < 1.29 is 23.8 Å². The lowest BCUT2D eigenvalue weighted by Gasteiger charge is -2.12. The average molecular weight is 390 g/mol. The van der Waals surface area contributed by atoms with Gasteiger partial charge in [-0.25, -0.2) is 10.3 Å². The van der Waals surface area contributed by atoms with Crippen molar-refractivity contribution in [2.45, 2.75) is 26.7 Å². The van der Waals surface area contributed by atoms with Gasteiger partial charge in [-0.3, -0.25) is 0 Å². The van der Waals surface area contributed by atoms with E-state index in [2.05, 4.69) is 15.7 Å². The maximum Gasteiger partial charge on any atom is 0.377 e. The lowest BCUT2D eigenvalue weighted by molar-refractivity contribution is -0.138. The number of hydrogen-bond acceptors (Lipinski definition) is 8. The number of benzene rings is 1. The Bertz CT molecular complexity index is 818. The van der Waals surface area contributed by atoms with Gasteiger partial charge in [-0.2, -0.15) is 15.0 Å². The third kappa shape index (κ3) is 5.54. The van der Waals surface area contributed by atoms with E-state index in [1.54, 1.807) is 12.3 Å². The molecule has 0 aliphatic heterocycles. The summed E-state index contributed by atoms with van der Waals surface area (Å²) in [6, 6.07) is 5.47. The Morgan fingerprint density at radius 1 is 1.36 bits per heavy atom. The van der Waals surface area contributed by atoms with Crippen LogP contribution < -0.4 is 10.2 Å². The first-order valence-electron chi connectivity index (χ1n) is 8.87. The first kappa shape index (κ1) is 21.4. The van der Waals surface area contributed by atoms with Crippen molar-refractivity contribution in [3.63, 3.8) is 0 Å². The first-order chi connectivity index (χ1) is 13.5. The number of rotatable bonds is 10. The quantitative estimate of drug-likeness (QED) is 0.217. The number of ether oxygens (including phenoxy) is 3. The highest BCUT2D eigenvalue weighted by Crippen LogP contribution is 2.24. The molecule has 0 radical (unpaired) electrons. The molecule has 0 spiro atoms. The van der Waals surface area contributed by atoms with E-state index in [0.29, 0.717) is 24.6 Å². The second-order valence-corrected chi connectivity index (χ2v) is 6.00. The molecular weight excluding hydrogens is 364 g/mol.